The van der Waals surface area contributed by atoms with E-state index in [9.17, 15) is 14.4 Å². The summed E-state index contributed by atoms with van der Waals surface area (Å²) in [5, 5.41) is 9.35. The van der Waals surface area contributed by atoms with Crippen LogP contribution in [0.3, 0.4) is 0 Å². The maximum absolute atomic E-state index is 11.4. The van der Waals surface area contributed by atoms with Gasteiger partial charge < -0.3 is 9.94 Å². The highest BCUT2D eigenvalue weighted by Gasteiger charge is 2.37. The maximum atomic E-state index is 11.4. The zero-order valence-corrected chi connectivity index (χ0v) is 8.65. The lowest BCUT2D eigenvalue weighted by Crippen LogP contribution is -2.39. The van der Waals surface area contributed by atoms with Crippen LogP contribution in [0.25, 0.3) is 0 Å². The van der Waals surface area contributed by atoms with Gasteiger partial charge in [-0.25, -0.2) is 4.79 Å². The highest BCUT2D eigenvalue weighted by atomic mass is 16.7. The number of hydroxylamine groups is 2. The smallest absolute Gasteiger partial charge is 0.341 e. The van der Waals surface area contributed by atoms with Crippen LogP contribution in [0.15, 0.2) is 0 Å². The Morgan fingerprint density at radius 1 is 1.40 bits per heavy atom. The molecule has 0 atom stereocenters. The molecule has 0 aliphatic carbocycles. The summed E-state index contributed by atoms with van der Waals surface area (Å²) < 4.78 is 0. The normalized spacial score (nSPS) is 17.1. The number of amides is 2. The molecule has 0 aromatic rings. The largest absolute Gasteiger partial charge is 0.395 e. The number of hydrogen-bond acceptors (Lipinski definition) is 5. The second-order valence-corrected chi connectivity index (χ2v) is 4.00. The number of imide groups is 1. The molecule has 1 rings (SSSR count). The summed E-state index contributed by atoms with van der Waals surface area (Å²) >= 11 is 0. The lowest BCUT2D eigenvalue weighted by Gasteiger charge is -2.21. The van der Waals surface area contributed by atoms with Crippen molar-refractivity contribution in [3.63, 3.8) is 0 Å². The Hall–Kier alpha value is -1.43. The third kappa shape index (κ3) is 2.33. The summed E-state index contributed by atoms with van der Waals surface area (Å²) in [7, 11) is 0. The van der Waals surface area contributed by atoms with Gasteiger partial charge in [-0.15, -0.1) is 5.06 Å². The number of hydrogen-bond donors (Lipinski definition) is 1. The molecule has 15 heavy (non-hydrogen) atoms. The van der Waals surface area contributed by atoms with Gasteiger partial charge in [0.2, 0.25) is 0 Å². The molecule has 6 heteroatoms. The second-order valence-electron chi connectivity index (χ2n) is 4.00. The summed E-state index contributed by atoms with van der Waals surface area (Å²) in [6.07, 6.45) is 0.122. The van der Waals surface area contributed by atoms with Crippen LogP contribution >= 0.6 is 0 Å². The molecule has 1 heterocycles. The molecule has 0 unspecified atom stereocenters. The van der Waals surface area contributed by atoms with E-state index >= 15 is 0 Å². The molecule has 0 bridgehead atoms. The van der Waals surface area contributed by atoms with Gasteiger partial charge in [0.25, 0.3) is 11.8 Å². The number of nitrogens with zero attached hydrogens (tertiary/aromatic N) is 1. The summed E-state index contributed by atoms with van der Waals surface area (Å²) in [5.41, 5.74) is -1.12. The Labute approximate surface area is 86.8 Å². The van der Waals surface area contributed by atoms with Crippen LogP contribution in [0.1, 0.15) is 26.7 Å². The minimum absolute atomic E-state index is 0.0612. The van der Waals surface area contributed by atoms with Crippen molar-refractivity contribution < 1.29 is 24.3 Å². The SMILES string of the molecule is CC(C)(CO)C(=O)ON1C(=O)CCC1=O. The van der Waals surface area contributed by atoms with Gasteiger partial charge in [0.05, 0.1) is 12.0 Å². The van der Waals surface area contributed by atoms with Gasteiger partial charge in [-0.1, -0.05) is 0 Å². The van der Waals surface area contributed by atoms with E-state index in [2.05, 4.69) is 4.84 Å². The topological polar surface area (TPSA) is 83.9 Å². The van der Waals surface area contributed by atoms with Gasteiger partial charge in [-0.05, 0) is 13.8 Å². The molecule has 1 aliphatic heterocycles. The number of carbonyl (C=O) groups is 3. The van der Waals surface area contributed by atoms with Crippen molar-refractivity contribution in [2.45, 2.75) is 26.7 Å². The average molecular weight is 215 g/mol. The first-order valence-electron chi connectivity index (χ1n) is 4.57. The van der Waals surface area contributed by atoms with Gasteiger partial charge >= 0.3 is 5.97 Å². The van der Waals surface area contributed by atoms with E-state index in [1.54, 1.807) is 0 Å². The zero-order valence-electron chi connectivity index (χ0n) is 8.65. The molecule has 0 saturated carbocycles. The van der Waals surface area contributed by atoms with Crippen LogP contribution in [0, 0.1) is 5.41 Å². The van der Waals surface area contributed by atoms with Gasteiger partial charge in [-0.2, -0.15) is 0 Å². The lowest BCUT2D eigenvalue weighted by atomic mass is 9.96. The first kappa shape index (κ1) is 11.6. The second kappa shape index (κ2) is 3.98. The fraction of sp³-hybridized carbons (Fsp3) is 0.667. The highest BCUT2D eigenvalue weighted by molar-refractivity contribution is 6.01. The monoisotopic (exact) mass is 215 g/mol. The standard InChI is InChI=1S/C9H13NO5/c1-9(2,5-11)8(14)15-10-6(12)3-4-7(10)13/h11H,3-5H2,1-2H3. The quantitative estimate of drug-likeness (QED) is 0.648. The Bertz CT molecular complexity index is 294. The van der Waals surface area contributed by atoms with Crippen molar-refractivity contribution in [3.05, 3.63) is 0 Å². The molecular formula is C9H13NO5. The number of aliphatic hydroxyl groups excluding tert-OH is 1. The molecule has 1 N–H and O–H groups in total. The van der Waals surface area contributed by atoms with Crippen LogP contribution in [0.4, 0.5) is 0 Å². The van der Waals surface area contributed by atoms with Gasteiger partial charge in [0.15, 0.2) is 0 Å². The average Bonchev–Trinajstić information content (AvgIpc) is 2.49. The molecule has 0 aromatic heterocycles. The van der Waals surface area contributed by atoms with Crippen LogP contribution in [0.2, 0.25) is 0 Å². The van der Waals surface area contributed by atoms with Crippen LogP contribution in [0.5, 0.6) is 0 Å². The van der Waals surface area contributed by atoms with Gasteiger partial charge in [0.1, 0.15) is 0 Å². The van der Waals surface area contributed by atoms with Gasteiger partial charge in [0, 0.05) is 12.8 Å². The summed E-state index contributed by atoms with van der Waals surface area (Å²) in [4.78, 5) is 38.2. The van der Waals surface area contributed by atoms with E-state index < -0.39 is 29.8 Å². The molecule has 1 fully saturated rings. The minimum Gasteiger partial charge on any atom is -0.395 e. The Balaban J connectivity index is 2.66. The Morgan fingerprint density at radius 3 is 2.27 bits per heavy atom. The molecule has 0 radical (unpaired) electrons. The van der Waals surface area contributed by atoms with Crippen LogP contribution < -0.4 is 0 Å². The molecule has 1 aliphatic rings. The molecular weight excluding hydrogens is 202 g/mol. The van der Waals surface area contributed by atoms with Crippen molar-refractivity contribution >= 4 is 17.8 Å². The predicted octanol–water partition coefficient (Wildman–Crippen LogP) is -0.388. The predicted molar refractivity (Wildman–Crippen MR) is 48.0 cm³/mol. The van der Waals surface area contributed by atoms with Crippen LogP contribution in [-0.2, 0) is 19.2 Å². The Kier molecular flexibility index (Phi) is 3.09. The van der Waals surface area contributed by atoms with E-state index in [0.29, 0.717) is 5.06 Å². The molecule has 1 saturated heterocycles. The van der Waals surface area contributed by atoms with E-state index in [1.807, 2.05) is 0 Å². The first-order chi connectivity index (χ1) is 6.88. The molecule has 2 amide bonds. The highest BCUT2D eigenvalue weighted by Crippen LogP contribution is 2.20. The number of aliphatic hydroxyl groups is 1. The van der Waals surface area contributed by atoms with Crippen molar-refractivity contribution in [2.75, 3.05) is 6.61 Å². The van der Waals surface area contributed by atoms with E-state index in [4.69, 9.17) is 5.11 Å². The number of carbonyl (C=O) groups excluding carboxylic acids is 3. The van der Waals surface area contributed by atoms with Crippen molar-refractivity contribution in [2.24, 2.45) is 5.41 Å². The van der Waals surface area contributed by atoms with Gasteiger partial charge in [-0.3, -0.25) is 9.59 Å². The maximum Gasteiger partial charge on any atom is 0.341 e. The molecule has 0 spiro atoms. The summed E-state index contributed by atoms with van der Waals surface area (Å²) in [6, 6.07) is 0. The molecule has 0 aromatic carbocycles. The fourth-order valence-corrected chi connectivity index (χ4v) is 0.929. The first-order valence-corrected chi connectivity index (χ1v) is 4.57. The van der Waals surface area contributed by atoms with E-state index in [-0.39, 0.29) is 12.8 Å². The fourth-order valence-electron chi connectivity index (χ4n) is 0.929. The zero-order chi connectivity index (χ0) is 11.6. The van der Waals surface area contributed by atoms with Crippen molar-refractivity contribution in [1.82, 2.24) is 5.06 Å². The van der Waals surface area contributed by atoms with Crippen LogP contribution in [-0.4, -0.2) is 34.6 Å². The number of rotatable bonds is 3. The minimum atomic E-state index is -1.12. The lowest BCUT2D eigenvalue weighted by molar-refractivity contribution is -0.205. The third-order valence-electron chi connectivity index (χ3n) is 2.13. The molecule has 84 valence electrons. The van der Waals surface area contributed by atoms with E-state index in [0.717, 1.165) is 0 Å². The van der Waals surface area contributed by atoms with Crippen molar-refractivity contribution in [1.29, 1.82) is 0 Å². The Morgan fingerprint density at radius 2 is 1.87 bits per heavy atom. The van der Waals surface area contributed by atoms with E-state index in [1.165, 1.54) is 13.8 Å². The summed E-state index contributed by atoms with van der Waals surface area (Å²) in [5.74, 6) is -1.85. The molecule has 6 nitrogen and oxygen atoms in total. The summed E-state index contributed by atoms with van der Waals surface area (Å²) in [6.45, 7) is 2.50. The third-order valence-corrected chi connectivity index (χ3v) is 2.13. The van der Waals surface area contributed by atoms with Crippen molar-refractivity contribution in [3.8, 4) is 0 Å².